The maximum Gasteiger partial charge on any atom is 0.0948 e. The van der Waals surface area contributed by atoms with Crippen molar-refractivity contribution in [2.24, 2.45) is 5.73 Å². The molecule has 1 atom stereocenters. The molecular formula is C13H21N5. The summed E-state index contributed by atoms with van der Waals surface area (Å²) in [6.07, 6.45) is 4.71. The lowest BCUT2D eigenvalue weighted by atomic mass is 10.2. The van der Waals surface area contributed by atoms with E-state index < -0.39 is 0 Å². The molecule has 98 valence electrons. The largest absolute Gasteiger partial charge is 0.333 e. The highest BCUT2D eigenvalue weighted by Crippen LogP contribution is 2.10. The highest BCUT2D eigenvalue weighted by molar-refractivity contribution is 5.06. The lowest BCUT2D eigenvalue weighted by molar-refractivity contribution is 0.503. The van der Waals surface area contributed by atoms with E-state index in [1.807, 2.05) is 26.4 Å². The van der Waals surface area contributed by atoms with Gasteiger partial charge in [-0.25, -0.2) is 4.98 Å². The van der Waals surface area contributed by atoms with Crippen molar-refractivity contribution in [2.75, 3.05) is 0 Å². The molecule has 0 aliphatic rings. The van der Waals surface area contributed by atoms with E-state index in [2.05, 4.69) is 32.3 Å². The number of aromatic nitrogens is 4. The van der Waals surface area contributed by atoms with E-state index in [1.54, 1.807) is 0 Å². The van der Waals surface area contributed by atoms with E-state index >= 15 is 0 Å². The quantitative estimate of drug-likeness (QED) is 0.876. The van der Waals surface area contributed by atoms with E-state index in [4.69, 9.17) is 5.73 Å². The molecule has 2 N–H and O–H groups in total. The average molecular weight is 247 g/mol. The Balaban J connectivity index is 1.92. The predicted molar refractivity (Wildman–Crippen MR) is 71.1 cm³/mol. The van der Waals surface area contributed by atoms with Gasteiger partial charge in [0, 0.05) is 31.0 Å². The van der Waals surface area contributed by atoms with E-state index in [0.29, 0.717) is 0 Å². The van der Waals surface area contributed by atoms with Gasteiger partial charge in [-0.1, -0.05) is 0 Å². The van der Waals surface area contributed by atoms with Gasteiger partial charge in [0.1, 0.15) is 0 Å². The van der Waals surface area contributed by atoms with Crippen molar-refractivity contribution in [3.8, 4) is 0 Å². The predicted octanol–water partition coefficient (Wildman–Crippen LogP) is 1.81. The Hall–Kier alpha value is -1.62. The van der Waals surface area contributed by atoms with Gasteiger partial charge >= 0.3 is 0 Å². The molecule has 18 heavy (non-hydrogen) atoms. The van der Waals surface area contributed by atoms with Crippen molar-refractivity contribution in [3.63, 3.8) is 0 Å². The van der Waals surface area contributed by atoms with Gasteiger partial charge in [0.05, 0.1) is 17.7 Å². The summed E-state index contributed by atoms with van der Waals surface area (Å²) >= 11 is 0. The van der Waals surface area contributed by atoms with Crippen LogP contribution in [0, 0.1) is 13.8 Å². The van der Waals surface area contributed by atoms with Gasteiger partial charge in [0.25, 0.3) is 0 Å². The molecular weight excluding hydrogens is 226 g/mol. The van der Waals surface area contributed by atoms with Crippen molar-refractivity contribution in [2.45, 2.75) is 46.3 Å². The van der Waals surface area contributed by atoms with Gasteiger partial charge in [0.15, 0.2) is 0 Å². The zero-order chi connectivity index (χ0) is 13.1. The third kappa shape index (κ3) is 2.79. The molecule has 5 nitrogen and oxygen atoms in total. The number of nitrogens with zero attached hydrogens (tertiary/aromatic N) is 4. The molecule has 5 heteroatoms. The Bertz CT molecular complexity index is 509. The summed E-state index contributed by atoms with van der Waals surface area (Å²) < 4.78 is 4.17. The molecule has 0 aliphatic heterocycles. The van der Waals surface area contributed by atoms with Crippen LogP contribution in [-0.4, -0.2) is 19.3 Å². The number of nitrogens with two attached hydrogens (primary N) is 1. The van der Waals surface area contributed by atoms with Crippen LogP contribution in [0.2, 0.25) is 0 Å². The Morgan fingerprint density at radius 3 is 2.72 bits per heavy atom. The van der Waals surface area contributed by atoms with E-state index in [1.165, 1.54) is 5.69 Å². The summed E-state index contributed by atoms with van der Waals surface area (Å²) in [5, 5.41) is 4.45. The van der Waals surface area contributed by atoms with Gasteiger partial charge in [-0.15, -0.1) is 0 Å². The third-order valence-corrected chi connectivity index (χ3v) is 3.08. The number of hydrogen-bond acceptors (Lipinski definition) is 3. The summed E-state index contributed by atoms with van der Waals surface area (Å²) in [5.74, 6) is 0. The fourth-order valence-electron chi connectivity index (χ4n) is 2.19. The number of rotatable bonds is 5. The van der Waals surface area contributed by atoms with E-state index in [-0.39, 0.29) is 6.04 Å². The molecule has 2 aromatic heterocycles. The molecule has 0 bridgehead atoms. The Labute approximate surface area is 108 Å². The van der Waals surface area contributed by atoms with Crippen LogP contribution in [0.4, 0.5) is 0 Å². The first-order valence-electron chi connectivity index (χ1n) is 6.34. The van der Waals surface area contributed by atoms with E-state index in [9.17, 15) is 0 Å². The topological polar surface area (TPSA) is 61.7 Å². The summed E-state index contributed by atoms with van der Waals surface area (Å²) in [4.78, 5) is 4.15. The van der Waals surface area contributed by atoms with Crippen LogP contribution in [-0.2, 0) is 13.1 Å². The highest BCUT2D eigenvalue weighted by Gasteiger charge is 2.06. The minimum atomic E-state index is 0.0289. The van der Waals surface area contributed by atoms with Crippen molar-refractivity contribution in [1.29, 1.82) is 0 Å². The minimum absolute atomic E-state index is 0.0289. The molecule has 1 unspecified atom stereocenters. The maximum atomic E-state index is 5.89. The monoisotopic (exact) mass is 247 g/mol. The fraction of sp³-hybridized carbons (Fsp3) is 0.538. The summed E-state index contributed by atoms with van der Waals surface area (Å²) in [6.45, 7) is 7.94. The minimum Gasteiger partial charge on any atom is -0.333 e. The highest BCUT2D eigenvalue weighted by atomic mass is 15.3. The Kier molecular flexibility index (Phi) is 3.81. The van der Waals surface area contributed by atoms with Gasteiger partial charge in [-0.05, 0) is 33.3 Å². The number of aryl methyl sites for hydroxylation is 4. The molecule has 0 spiro atoms. The van der Waals surface area contributed by atoms with Crippen molar-refractivity contribution >= 4 is 0 Å². The van der Waals surface area contributed by atoms with Crippen LogP contribution in [0.15, 0.2) is 18.6 Å². The van der Waals surface area contributed by atoms with E-state index in [0.717, 1.165) is 30.9 Å². The first-order valence-corrected chi connectivity index (χ1v) is 6.34. The first-order chi connectivity index (χ1) is 8.58. The molecule has 0 saturated carbocycles. The van der Waals surface area contributed by atoms with Crippen LogP contribution in [0.1, 0.15) is 36.5 Å². The van der Waals surface area contributed by atoms with Gasteiger partial charge in [-0.3, -0.25) is 4.68 Å². The number of imidazole rings is 1. The normalized spacial score (nSPS) is 12.9. The zero-order valence-corrected chi connectivity index (χ0v) is 11.3. The molecule has 0 aromatic carbocycles. The third-order valence-electron chi connectivity index (χ3n) is 3.08. The van der Waals surface area contributed by atoms with Crippen LogP contribution in [0.5, 0.6) is 0 Å². The molecule has 2 aromatic rings. The molecule has 0 fully saturated rings. The van der Waals surface area contributed by atoms with Crippen LogP contribution in [0.3, 0.4) is 0 Å². The lowest BCUT2D eigenvalue weighted by Gasteiger charge is -2.11. The first kappa shape index (κ1) is 12.8. The average Bonchev–Trinajstić information content (AvgIpc) is 2.86. The van der Waals surface area contributed by atoms with Gasteiger partial charge < -0.3 is 10.3 Å². The van der Waals surface area contributed by atoms with Crippen molar-refractivity contribution in [1.82, 2.24) is 19.3 Å². The fourth-order valence-corrected chi connectivity index (χ4v) is 2.19. The molecule has 2 heterocycles. The summed E-state index contributed by atoms with van der Waals surface area (Å²) in [6, 6.07) is 2.13. The maximum absolute atomic E-state index is 5.89. The van der Waals surface area contributed by atoms with Crippen LogP contribution >= 0.6 is 0 Å². The summed E-state index contributed by atoms with van der Waals surface area (Å²) in [5.41, 5.74) is 9.27. The second-order valence-electron chi connectivity index (χ2n) is 4.80. The molecule has 2 rings (SSSR count). The molecule has 0 aliphatic carbocycles. The zero-order valence-electron chi connectivity index (χ0n) is 11.3. The Morgan fingerprint density at radius 2 is 2.11 bits per heavy atom. The van der Waals surface area contributed by atoms with Crippen LogP contribution in [0.25, 0.3) is 0 Å². The Morgan fingerprint density at radius 1 is 1.33 bits per heavy atom. The summed E-state index contributed by atoms with van der Waals surface area (Å²) in [7, 11) is 0. The van der Waals surface area contributed by atoms with Gasteiger partial charge in [0.2, 0.25) is 0 Å². The molecule has 0 radical (unpaired) electrons. The van der Waals surface area contributed by atoms with Crippen molar-refractivity contribution < 1.29 is 0 Å². The SMILES string of the molecule is Cc1cc(C)n(CCCn2cncc2C(C)N)n1. The van der Waals surface area contributed by atoms with Crippen LogP contribution < -0.4 is 5.73 Å². The standard InChI is InChI=1S/C13H21N5/c1-10-7-11(2)18(16-10)6-4-5-17-9-15-8-13(17)12(3)14/h7-9,12H,4-6,14H2,1-3H3. The second-order valence-corrected chi connectivity index (χ2v) is 4.80. The lowest BCUT2D eigenvalue weighted by Crippen LogP contribution is -2.13. The van der Waals surface area contributed by atoms with Gasteiger partial charge in [-0.2, -0.15) is 5.10 Å². The number of hydrogen-bond donors (Lipinski definition) is 1. The molecule has 0 saturated heterocycles. The second kappa shape index (κ2) is 5.35. The molecule has 0 amide bonds. The van der Waals surface area contributed by atoms with Crippen molar-refractivity contribution in [3.05, 3.63) is 35.7 Å². The smallest absolute Gasteiger partial charge is 0.0948 e.